The molecule has 1 rings (SSSR count). The van der Waals surface area contributed by atoms with E-state index < -0.39 is 22.5 Å². The van der Waals surface area contributed by atoms with Crippen LogP contribution in [0.1, 0.15) is 78.7 Å². The lowest BCUT2D eigenvalue weighted by atomic mass is 9.57. The minimum absolute atomic E-state index is 0.198. The van der Waals surface area contributed by atoms with E-state index in [1.54, 1.807) is 6.92 Å². The zero-order valence-electron chi connectivity index (χ0n) is 21.3. The number of amides is 1. The molecule has 0 aromatic heterocycles. The van der Waals surface area contributed by atoms with Crippen molar-refractivity contribution in [3.8, 4) is 0 Å². The molecule has 2 unspecified atom stereocenters. The van der Waals surface area contributed by atoms with Crippen LogP contribution in [0, 0.1) is 5.92 Å². The third-order valence-electron chi connectivity index (χ3n) is 7.20. The van der Waals surface area contributed by atoms with Gasteiger partial charge in [0.1, 0.15) is 5.60 Å². The van der Waals surface area contributed by atoms with Gasteiger partial charge in [0.05, 0.1) is 0 Å². The van der Waals surface area contributed by atoms with Crippen molar-refractivity contribution in [3.63, 3.8) is 0 Å². The Morgan fingerprint density at radius 2 is 1.76 bits per heavy atom. The zero-order chi connectivity index (χ0) is 25.1. The Kier molecular flexibility index (Phi) is 11.3. The molecule has 0 saturated heterocycles. The summed E-state index contributed by atoms with van der Waals surface area (Å²) in [6.45, 7) is 9.83. The number of carboxylic acids is 1. The van der Waals surface area contributed by atoms with Crippen LogP contribution in [0.2, 0.25) is 0 Å². The maximum atomic E-state index is 12.6. The van der Waals surface area contributed by atoms with E-state index in [0.29, 0.717) is 25.2 Å². The second kappa shape index (κ2) is 12.9. The van der Waals surface area contributed by atoms with Gasteiger partial charge in [0.25, 0.3) is 0 Å². The molecule has 0 radical (unpaired) electrons. The monoisotopic (exact) mass is 460 g/mol. The summed E-state index contributed by atoms with van der Waals surface area (Å²) in [5.41, 5.74) is 3.81. The predicted octanol–water partition coefficient (Wildman–Crippen LogP) is 4.82. The van der Waals surface area contributed by atoms with E-state index in [1.807, 2.05) is 44.2 Å². The number of aliphatic carboxylic acids is 1. The number of carbonyl (C=O) groups is 2. The standard InChI is InChI=1S/C27H44N2O4/c1-7-26(8-2,22-17-13-11-14-18-22)25(5,33-6)27(28,24(31)32)20-29-23(30)19-15-10-9-12-16-21(3)4/h11-14,16-18,21H,7-10,15,19-20,28H2,1-6H3,(H,29,30)(H,31,32). The van der Waals surface area contributed by atoms with Gasteiger partial charge in [0.2, 0.25) is 5.91 Å². The van der Waals surface area contributed by atoms with E-state index in [4.69, 9.17) is 10.5 Å². The molecule has 0 aliphatic carbocycles. The number of methoxy groups -OCH3 is 1. The molecule has 0 saturated carbocycles. The summed E-state index contributed by atoms with van der Waals surface area (Å²) in [4.78, 5) is 25.1. The van der Waals surface area contributed by atoms with Crippen molar-refractivity contribution in [2.24, 2.45) is 11.7 Å². The molecule has 33 heavy (non-hydrogen) atoms. The Labute approximate surface area is 200 Å². The number of unbranched alkanes of at least 4 members (excludes halogenated alkanes) is 2. The minimum atomic E-state index is -1.83. The Hall–Kier alpha value is -2.18. The van der Waals surface area contributed by atoms with E-state index in [-0.39, 0.29) is 12.5 Å². The van der Waals surface area contributed by atoms with E-state index in [1.165, 1.54) is 7.11 Å². The van der Waals surface area contributed by atoms with Gasteiger partial charge in [-0.25, -0.2) is 0 Å². The first-order chi connectivity index (χ1) is 15.5. The van der Waals surface area contributed by atoms with Gasteiger partial charge in [0.15, 0.2) is 5.54 Å². The Bertz CT molecular complexity index is 774. The quantitative estimate of drug-likeness (QED) is 0.257. The topological polar surface area (TPSA) is 102 Å². The molecular weight excluding hydrogens is 416 g/mol. The van der Waals surface area contributed by atoms with Crippen LogP contribution in [-0.2, 0) is 19.7 Å². The molecule has 6 heteroatoms. The van der Waals surface area contributed by atoms with Crippen molar-refractivity contribution in [1.29, 1.82) is 0 Å². The number of ether oxygens (including phenoxy) is 1. The number of rotatable bonds is 15. The first-order valence-corrected chi connectivity index (χ1v) is 12.1. The first kappa shape index (κ1) is 28.9. The number of hydrogen-bond acceptors (Lipinski definition) is 4. The third-order valence-corrected chi connectivity index (χ3v) is 7.20. The summed E-state index contributed by atoms with van der Waals surface area (Å²) < 4.78 is 5.98. The predicted molar refractivity (Wildman–Crippen MR) is 134 cm³/mol. The van der Waals surface area contributed by atoms with Crippen LogP contribution < -0.4 is 11.1 Å². The van der Waals surface area contributed by atoms with Crippen molar-refractivity contribution >= 4 is 11.9 Å². The van der Waals surface area contributed by atoms with E-state index in [2.05, 4.69) is 31.3 Å². The number of carboxylic acid groups (broad SMARTS) is 1. The van der Waals surface area contributed by atoms with E-state index in [0.717, 1.165) is 24.8 Å². The summed E-state index contributed by atoms with van der Waals surface area (Å²) in [6, 6.07) is 9.76. The van der Waals surface area contributed by atoms with Gasteiger partial charge in [-0.2, -0.15) is 0 Å². The van der Waals surface area contributed by atoms with Crippen molar-refractivity contribution < 1.29 is 19.4 Å². The van der Waals surface area contributed by atoms with Crippen LogP contribution in [0.15, 0.2) is 42.5 Å². The molecule has 1 aromatic rings. The number of benzene rings is 1. The highest BCUT2D eigenvalue weighted by Gasteiger charge is 2.62. The van der Waals surface area contributed by atoms with Crippen LogP contribution in [0.25, 0.3) is 0 Å². The molecule has 1 amide bonds. The van der Waals surface area contributed by atoms with E-state index >= 15 is 0 Å². The van der Waals surface area contributed by atoms with Crippen LogP contribution in [0.5, 0.6) is 0 Å². The van der Waals surface area contributed by atoms with Gasteiger partial charge in [0, 0.05) is 25.5 Å². The molecule has 0 fully saturated rings. The van der Waals surface area contributed by atoms with Crippen molar-refractivity contribution in [2.75, 3.05) is 13.7 Å². The van der Waals surface area contributed by atoms with Crippen molar-refractivity contribution in [3.05, 3.63) is 48.0 Å². The van der Waals surface area contributed by atoms with Gasteiger partial charge in [-0.05, 0) is 50.5 Å². The average Bonchev–Trinajstić information content (AvgIpc) is 2.80. The average molecular weight is 461 g/mol. The Morgan fingerprint density at radius 1 is 1.15 bits per heavy atom. The van der Waals surface area contributed by atoms with Crippen LogP contribution in [0.4, 0.5) is 0 Å². The fraction of sp³-hybridized carbons (Fsp3) is 0.630. The number of carbonyl (C=O) groups excluding carboxylic acids is 1. The van der Waals surface area contributed by atoms with E-state index in [9.17, 15) is 14.7 Å². The highest BCUT2D eigenvalue weighted by atomic mass is 16.5. The van der Waals surface area contributed by atoms with Gasteiger partial charge < -0.3 is 20.9 Å². The maximum Gasteiger partial charge on any atom is 0.328 e. The van der Waals surface area contributed by atoms with Crippen LogP contribution >= 0.6 is 0 Å². The zero-order valence-corrected chi connectivity index (χ0v) is 21.3. The van der Waals surface area contributed by atoms with Crippen LogP contribution in [-0.4, -0.2) is 41.8 Å². The largest absolute Gasteiger partial charge is 0.480 e. The van der Waals surface area contributed by atoms with Crippen LogP contribution in [0.3, 0.4) is 0 Å². The summed E-state index contributed by atoms with van der Waals surface area (Å²) >= 11 is 0. The molecule has 0 aliphatic heterocycles. The summed E-state index contributed by atoms with van der Waals surface area (Å²) in [7, 11) is 1.50. The highest BCUT2D eigenvalue weighted by Crippen LogP contribution is 2.48. The number of nitrogens with two attached hydrogens (primary N) is 1. The van der Waals surface area contributed by atoms with Gasteiger partial charge in [-0.3, -0.25) is 9.59 Å². The second-order valence-corrected chi connectivity index (χ2v) is 9.36. The van der Waals surface area contributed by atoms with Crippen molar-refractivity contribution in [2.45, 2.75) is 89.7 Å². The lowest BCUT2D eigenvalue weighted by molar-refractivity contribution is -0.169. The fourth-order valence-corrected chi connectivity index (χ4v) is 4.86. The molecule has 0 heterocycles. The summed E-state index contributed by atoms with van der Waals surface area (Å²) in [5, 5.41) is 13.1. The molecule has 6 nitrogen and oxygen atoms in total. The molecule has 0 aliphatic rings. The third kappa shape index (κ3) is 6.45. The lowest BCUT2D eigenvalue weighted by Gasteiger charge is -2.54. The molecule has 4 N–H and O–H groups in total. The minimum Gasteiger partial charge on any atom is -0.480 e. The fourth-order valence-electron chi connectivity index (χ4n) is 4.86. The SMILES string of the molecule is CCC(CC)(c1ccccc1)C(C)(OC)C(N)(CNC(=O)CCCCC=CC(C)C)C(=O)O. The molecule has 186 valence electrons. The maximum absolute atomic E-state index is 12.6. The van der Waals surface area contributed by atoms with Crippen molar-refractivity contribution in [1.82, 2.24) is 5.32 Å². The second-order valence-electron chi connectivity index (χ2n) is 9.36. The normalized spacial score (nSPS) is 15.9. The number of allylic oxidation sites excluding steroid dienone is 2. The Balaban J connectivity index is 3.06. The molecular formula is C27H44N2O4. The molecule has 1 aromatic carbocycles. The highest BCUT2D eigenvalue weighted by molar-refractivity contribution is 5.83. The van der Waals surface area contributed by atoms with Gasteiger partial charge >= 0.3 is 5.97 Å². The molecule has 0 bridgehead atoms. The van der Waals surface area contributed by atoms with Gasteiger partial charge in [-0.15, -0.1) is 0 Å². The molecule has 0 spiro atoms. The summed E-state index contributed by atoms with van der Waals surface area (Å²) in [6.07, 6.45) is 8.45. The smallest absolute Gasteiger partial charge is 0.328 e. The molecule has 2 atom stereocenters. The first-order valence-electron chi connectivity index (χ1n) is 12.1. The number of hydrogen-bond donors (Lipinski definition) is 3. The lowest BCUT2D eigenvalue weighted by Crippen LogP contribution is -2.76. The summed E-state index contributed by atoms with van der Waals surface area (Å²) in [5.74, 6) is -0.879. The number of nitrogens with one attached hydrogen (secondary N) is 1. The van der Waals surface area contributed by atoms with Gasteiger partial charge in [-0.1, -0.05) is 70.2 Å². The Morgan fingerprint density at radius 3 is 2.24 bits per heavy atom.